The zero-order chi connectivity index (χ0) is 9.64. The van der Waals surface area contributed by atoms with E-state index in [1.165, 1.54) is 8.66 Å². The first-order valence-electron chi connectivity index (χ1n) is 4.52. The third kappa shape index (κ3) is 1.47. The summed E-state index contributed by atoms with van der Waals surface area (Å²) in [7, 11) is 0. The van der Waals surface area contributed by atoms with Crippen molar-refractivity contribution in [3.63, 3.8) is 0 Å². The number of nitrogens with two attached hydrogens (primary N) is 1. The molecule has 1 nitrogen and oxygen atoms in total. The quantitative estimate of drug-likeness (QED) is 0.868. The molecule has 0 aromatic carbocycles. The Labute approximate surface area is 91.5 Å². The van der Waals surface area contributed by atoms with E-state index in [-0.39, 0.29) is 0 Å². The largest absolute Gasteiger partial charge is 0.330 e. The fourth-order valence-corrected chi connectivity index (χ4v) is 4.03. The van der Waals surface area contributed by atoms with Crippen LogP contribution in [0.1, 0.15) is 24.6 Å². The van der Waals surface area contributed by atoms with Crippen molar-refractivity contribution in [2.24, 2.45) is 17.1 Å². The molecule has 0 saturated heterocycles. The predicted octanol–water partition coefficient (Wildman–Crippen LogP) is 3.21. The van der Waals surface area contributed by atoms with Crippen LogP contribution in [0.5, 0.6) is 0 Å². The first-order valence-corrected chi connectivity index (χ1v) is 6.13. The van der Waals surface area contributed by atoms with Crippen LogP contribution in [-0.2, 0) is 0 Å². The minimum Gasteiger partial charge on any atom is -0.330 e. The van der Waals surface area contributed by atoms with Gasteiger partial charge in [0.05, 0.1) is 3.79 Å². The predicted molar refractivity (Wildman–Crippen MR) is 61.1 cm³/mol. The van der Waals surface area contributed by atoms with Gasteiger partial charge in [-0.25, -0.2) is 0 Å². The van der Waals surface area contributed by atoms with E-state index in [0.29, 0.717) is 17.3 Å². The lowest BCUT2D eigenvalue weighted by molar-refractivity contribution is 0.559. The molecule has 0 spiro atoms. The van der Waals surface area contributed by atoms with Crippen molar-refractivity contribution >= 4 is 27.3 Å². The van der Waals surface area contributed by atoms with E-state index in [9.17, 15) is 0 Å². The highest BCUT2D eigenvalue weighted by Crippen LogP contribution is 2.64. The Kier molecular flexibility index (Phi) is 2.29. The van der Waals surface area contributed by atoms with Crippen LogP contribution >= 0.6 is 27.3 Å². The van der Waals surface area contributed by atoms with E-state index in [2.05, 4.69) is 41.9 Å². The summed E-state index contributed by atoms with van der Waals surface area (Å²) >= 11 is 5.34. The van der Waals surface area contributed by atoms with Crippen LogP contribution in [0.4, 0.5) is 0 Å². The summed E-state index contributed by atoms with van der Waals surface area (Å²) in [4.78, 5) is 1.48. The topological polar surface area (TPSA) is 26.0 Å². The minimum atomic E-state index is 0.416. The molecule has 1 aromatic heterocycles. The van der Waals surface area contributed by atoms with Crippen LogP contribution in [0, 0.1) is 11.3 Å². The van der Waals surface area contributed by atoms with Gasteiger partial charge in [-0.2, -0.15) is 0 Å². The maximum atomic E-state index is 5.74. The van der Waals surface area contributed by atoms with Gasteiger partial charge in [0.25, 0.3) is 0 Å². The Balaban J connectivity index is 2.21. The fourth-order valence-electron chi connectivity index (χ4n) is 2.24. The molecule has 1 fully saturated rings. The second kappa shape index (κ2) is 3.07. The fraction of sp³-hybridized carbons (Fsp3) is 0.600. The Morgan fingerprint density at radius 2 is 2.23 bits per heavy atom. The van der Waals surface area contributed by atoms with Gasteiger partial charge in [-0.05, 0) is 45.9 Å². The maximum absolute atomic E-state index is 5.74. The standard InChI is InChI=1S/C10H14BrNS/c1-10(2)6(5-12)9(10)7-3-4-8(11)13-7/h3-4,6,9H,5,12H2,1-2H3/t6-,9+/m0/s1. The number of rotatable bonds is 2. The van der Waals surface area contributed by atoms with Gasteiger partial charge >= 0.3 is 0 Å². The molecule has 0 amide bonds. The molecule has 2 atom stereocenters. The van der Waals surface area contributed by atoms with Gasteiger partial charge in [0.1, 0.15) is 0 Å². The lowest BCUT2D eigenvalue weighted by Crippen LogP contribution is -2.05. The average Bonchev–Trinajstić information content (AvgIpc) is 2.41. The second-order valence-corrected chi connectivity index (χ2v) is 6.78. The molecule has 2 N–H and O–H groups in total. The van der Waals surface area contributed by atoms with Gasteiger partial charge in [-0.15, -0.1) is 11.3 Å². The van der Waals surface area contributed by atoms with Gasteiger partial charge in [-0.3, -0.25) is 0 Å². The lowest BCUT2D eigenvalue weighted by atomic mass is 10.1. The van der Waals surface area contributed by atoms with Gasteiger partial charge in [-0.1, -0.05) is 13.8 Å². The minimum absolute atomic E-state index is 0.416. The third-order valence-electron chi connectivity index (χ3n) is 3.20. The normalized spacial score (nSPS) is 30.5. The van der Waals surface area contributed by atoms with Crippen LogP contribution in [0.3, 0.4) is 0 Å². The molecule has 1 saturated carbocycles. The van der Waals surface area contributed by atoms with Crippen LogP contribution in [-0.4, -0.2) is 6.54 Å². The molecular weight excluding hydrogens is 246 g/mol. The molecule has 0 radical (unpaired) electrons. The molecular formula is C10H14BrNS. The van der Waals surface area contributed by atoms with Gasteiger partial charge < -0.3 is 5.73 Å². The summed E-state index contributed by atoms with van der Waals surface area (Å²) in [5.41, 5.74) is 6.15. The molecule has 0 unspecified atom stereocenters. The van der Waals surface area contributed by atoms with Crippen molar-refractivity contribution in [2.45, 2.75) is 19.8 Å². The molecule has 0 bridgehead atoms. The van der Waals surface area contributed by atoms with Crippen molar-refractivity contribution in [1.82, 2.24) is 0 Å². The zero-order valence-electron chi connectivity index (χ0n) is 7.88. The smallest absolute Gasteiger partial charge is 0.0701 e. The molecule has 1 aliphatic carbocycles. The first kappa shape index (κ1) is 9.69. The highest BCUT2D eigenvalue weighted by Gasteiger charge is 2.57. The number of hydrogen-bond donors (Lipinski definition) is 1. The molecule has 1 aliphatic rings. The highest BCUT2D eigenvalue weighted by molar-refractivity contribution is 9.11. The van der Waals surface area contributed by atoms with Crippen LogP contribution < -0.4 is 5.73 Å². The van der Waals surface area contributed by atoms with E-state index in [0.717, 1.165) is 6.54 Å². The van der Waals surface area contributed by atoms with Crippen LogP contribution in [0.25, 0.3) is 0 Å². The second-order valence-electron chi connectivity index (χ2n) is 4.28. The zero-order valence-corrected chi connectivity index (χ0v) is 10.3. The molecule has 1 heterocycles. The molecule has 0 aliphatic heterocycles. The van der Waals surface area contributed by atoms with Crippen molar-refractivity contribution < 1.29 is 0 Å². The van der Waals surface area contributed by atoms with E-state index >= 15 is 0 Å². The molecule has 72 valence electrons. The van der Waals surface area contributed by atoms with Crippen molar-refractivity contribution in [1.29, 1.82) is 0 Å². The van der Waals surface area contributed by atoms with Crippen LogP contribution in [0.15, 0.2) is 15.9 Å². The van der Waals surface area contributed by atoms with E-state index in [4.69, 9.17) is 5.73 Å². The summed E-state index contributed by atoms with van der Waals surface area (Å²) < 4.78 is 1.22. The number of hydrogen-bond acceptors (Lipinski definition) is 2. The van der Waals surface area contributed by atoms with Crippen molar-refractivity contribution in [2.75, 3.05) is 6.54 Å². The Bertz CT molecular complexity index is 318. The van der Waals surface area contributed by atoms with E-state index < -0.39 is 0 Å². The summed E-state index contributed by atoms with van der Waals surface area (Å²) in [6.45, 7) is 5.43. The Morgan fingerprint density at radius 1 is 1.54 bits per heavy atom. The van der Waals surface area contributed by atoms with Crippen molar-refractivity contribution in [3.8, 4) is 0 Å². The van der Waals surface area contributed by atoms with E-state index in [1.54, 1.807) is 0 Å². The summed E-state index contributed by atoms with van der Waals surface area (Å²) in [5.74, 6) is 1.37. The van der Waals surface area contributed by atoms with E-state index in [1.807, 2.05) is 11.3 Å². The van der Waals surface area contributed by atoms with Crippen LogP contribution in [0.2, 0.25) is 0 Å². The third-order valence-corrected chi connectivity index (χ3v) is 4.91. The molecule has 13 heavy (non-hydrogen) atoms. The molecule has 3 heteroatoms. The number of thiophene rings is 1. The average molecular weight is 260 g/mol. The van der Waals surface area contributed by atoms with Crippen molar-refractivity contribution in [3.05, 3.63) is 20.8 Å². The maximum Gasteiger partial charge on any atom is 0.0701 e. The molecule has 1 aromatic rings. The Morgan fingerprint density at radius 3 is 2.62 bits per heavy atom. The van der Waals surface area contributed by atoms with Gasteiger partial charge in [0.15, 0.2) is 0 Å². The summed E-state index contributed by atoms with van der Waals surface area (Å²) in [6.07, 6.45) is 0. The summed E-state index contributed by atoms with van der Waals surface area (Å²) in [5, 5.41) is 0. The SMILES string of the molecule is CC1(C)[C@@H](CN)[C@@H]1c1ccc(Br)s1. The first-order chi connectivity index (χ1) is 6.07. The Hall–Kier alpha value is 0.140. The summed E-state index contributed by atoms with van der Waals surface area (Å²) in [6, 6.07) is 4.35. The number of halogens is 1. The monoisotopic (exact) mass is 259 g/mol. The molecule has 2 rings (SSSR count). The highest BCUT2D eigenvalue weighted by atomic mass is 79.9. The van der Waals surface area contributed by atoms with Gasteiger partial charge in [0, 0.05) is 10.8 Å². The van der Waals surface area contributed by atoms with Gasteiger partial charge in [0.2, 0.25) is 0 Å². The lowest BCUT2D eigenvalue weighted by Gasteiger charge is -1.98.